The Morgan fingerprint density at radius 3 is 2.45 bits per heavy atom. The summed E-state index contributed by atoms with van der Waals surface area (Å²) in [5.74, 6) is -0.685. The van der Waals surface area contributed by atoms with Crippen molar-refractivity contribution in [2.45, 2.75) is 32.7 Å². The minimum absolute atomic E-state index is 0.123. The Labute approximate surface area is 204 Å². The standard InChI is InChI=1S/C26H31BrN2O4/c1-5-15-33-20-11-12-21(17(2)16-20)24(30)22-23(18-7-9-19(27)10-8-18)29(26(32)25(22)31)14-6-13-28(3)4/h7-12,16,23,30H,5-6,13-15H2,1-4H3/b24-22-. The number of aliphatic hydroxyl groups excluding tert-OH is 1. The highest BCUT2D eigenvalue weighted by Gasteiger charge is 2.45. The van der Waals surface area contributed by atoms with E-state index in [0.29, 0.717) is 24.5 Å². The SMILES string of the molecule is CCCOc1ccc(/C(O)=C2/C(=O)C(=O)N(CCCN(C)C)C2c2ccc(Br)cc2)c(C)c1. The smallest absolute Gasteiger partial charge is 0.295 e. The van der Waals surface area contributed by atoms with Crippen molar-refractivity contribution in [3.05, 3.63) is 69.2 Å². The number of hydrogen-bond acceptors (Lipinski definition) is 5. The lowest BCUT2D eigenvalue weighted by Crippen LogP contribution is -2.32. The molecular formula is C26H31BrN2O4. The van der Waals surface area contributed by atoms with E-state index < -0.39 is 17.7 Å². The second-order valence-corrected chi connectivity index (χ2v) is 9.44. The van der Waals surface area contributed by atoms with Crippen LogP contribution >= 0.6 is 15.9 Å². The Hall–Kier alpha value is -2.64. The van der Waals surface area contributed by atoms with Gasteiger partial charge in [0.25, 0.3) is 11.7 Å². The number of carbonyl (C=O) groups excluding carboxylic acids is 2. The molecular weight excluding hydrogens is 484 g/mol. The molecule has 1 saturated heterocycles. The predicted molar refractivity (Wildman–Crippen MR) is 133 cm³/mol. The van der Waals surface area contributed by atoms with Gasteiger partial charge in [-0.1, -0.05) is 35.0 Å². The van der Waals surface area contributed by atoms with Gasteiger partial charge in [0, 0.05) is 16.6 Å². The number of aliphatic hydroxyl groups is 1. The third-order valence-electron chi connectivity index (χ3n) is 5.66. The molecule has 6 nitrogen and oxygen atoms in total. The van der Waals surface area contributed by atoms with Crippen LogP contribution in [0.2, 0.25) is 0 Å². The Morgan fingerprint density at radius 1 is 1.15 bits per heavy atom. The predicted octanol–water partition coefficient (Wildman–Crippen LogP) is 4.92. The van der Waals surface area contributed by atoms with Crippen LogP contribution in [0.4, 0.5) is 0 Å². The molecule has 0 aliphatic carbocycles. The molecule has 2 aromatic carbocycles. The molecule has 1 aliphatic rings. The number of ether oxygens (including phenoxy) is 1. The summed E-state index contributed by atoms with van der Waals surface area (Å²) in [5, 5.41) is 11.3. The van der Waals surface area contributed by atoms with Crippen molar-refractivity contribution in [3.8, 4) is 5.75 Å². The first kappa shape index (κ1) is 25.0. The maximum Gasteiger partial charge on any atom is 0.295 e. The summed E-state index contributed by atoms with van der Waals surface area (Å²) in [6.45, 7) is 5.70. The van der Waals surface area contributed by atoms with Crippen molar-refractivity contribution in [3.63, 3.8) is 0 Å². The van der Waals surface area contributed by atoms with Gasteiger partial charge in [-0.2, -0.15) is 0 Å². The van der Waals surface area contributed by atoms with Crippen LogP contribution in [0.1, 0.15) is 42.5 Å². The Kier molecular flexibility index (Phi) is 8.32. The molecule has 0 spiro atoms. The maximum absolute atomic E-state index is 13.1. The fourth-order valence-electron chi connectivity index (χ4n) is 4.02. The highest BCUT2D eigenvalue weighted by atomic mass is 79.9. The molecule has 0 aromatic heterocycles. The molecule has 176 valence electrons. The number of amides is 1. The van der Waals surface area contributed by atoms with Crippen LogP contribution < -0.4 is 4.74 Å². The zero-order chi connectivity index (χ0) is 24.1. The zero-order valence-electron chi connectivity index (χ0n) is 19.6. The normalized spacial score (nSPS) is 17.8. The number of rotatable bonds is 9. The minimum Gasteiger partial charge on any atom is -0.507 e. The Morgan fingerprint density at radius 2 is 1.85 bits per heavy atom. The van der Waals surface area contributed by atoms with Crippen LogP contribution in [0.3, 0.4) is 0 Å². The average molecular weight is 515 g/mol. The number of ketones is 1. The fourth-order valence-corrected chi connectivity index (χ4v) is 4.28. The van der Waals surface area contributed by atoms with Gasteiger partial charge in [0.2, 0.25) is 0 Å². The molecule has 0 radical (unpaired) electrons. The van der Waals surface area contributed by atoms with E-state index in [1.165, 1.54) is 0 Å². The summed E-state index contributed by atoms with van der Waals surface area (Å²) >= 11 is 3.44. The third kappa shape index (κ3) is 5.65. The minimum atomic E-state index is -0.656. The van der Waals surface area contributed by atoms with Crippen LogP contribution in [-0.2, 0) is 9.59 Å². The maximum atomic E-state index is 13.1. The van der Waals surface area contributed by atoms with Crippen molar-refractivity contribution < 1.29 is 19.4 Å². The number of nitrogens with zero attached hydrogens (tertiary/aromatic N) is 2. The van der Waals surface area contributed by atoms with E-state index in [9.17, 15) is 14.7 Å². The van der Waals surface area contributed by atoms with Gasteiger partial charge in [-0.15, -0.1) is 0 Å². The number of likely N-dealkylation sites (tertiary alicyclic amines) is 1. The molecule has 1 fully saturated rings. The number of hydrogen-bond donors (Lipinski definition) is 1. The largest absolute Gasteiger partial charge is 0.507 e. The lowest BCUT2D eigenvalue weighted by Gasteiger charge is -2.26. The number of benzene rings is 2. The molecule has 2 aromatic rings. The van der Waals surface area contributed by atoms with E-state index in [1.54, 1.807) is 17.0 Å². The van der Waals surface area contributed by atoms with Crippen LogP contribution in [0.25, 0.3) is 5.76 Å². The highest BCUT2D eigenvalue weighted by molar-refractivity contribution is 9.10. The zero-order valence-corrected chi connectivity index (χ0v) is 21.2. The van der Waals surface area contributed by atoms with E-state index in [0.717, 1.165) is 35.0 Å². The number of aryl methyl sites for hydroxylation is 1. The Bertz CT molecular complexity index is 1050. The summed E-state index contributed by atoms with van der Waals surface area (Å²) in [7, 11) is 3.94. The molecule has 3 rings (SSSR count). The van der Waals surface area contributed by atoms with Gasteiger partial charge >= 0.3 is 0 Å². The summed E-state index contributed by atoms with van der Waals surface area (Å²) in [4.78, 5) is 29.8. The molecule has 1 heterocycles. The second kappa shape index (κ2) is 11.0. The van der Waals surface area contributed by atoms with E-state index >= 15 is 0 Å². The first-order chi connectivity index (χ1) is 15.7. The lowest BCUT2D eigenvalue weighted by molar-refractivity contribution is -0.139. The van der Waals surface area contributed by atoms with Gasteiger partial charge in [-0.05, 0) is 81.9 Å². The van der Waals surface area contributed by atoms with Crippen molar-refractivity contribution in [2.24, 2.45) is 0 Å². The summed E-state index contributed by atoms with van der Waals surface area (Å²) in [6.07, 6.45) is 1.61. The first-order valence-electron chi connectivity index (χ1n) is 11.2. The van der Waals surface area contributed by atoms with Crippen molar-refractivity contribution in [2.75, 3.05) is 33.8 Å². The molecule has 7 heteroatoms. The third-order valence-corrected chi connectivity index (χ3v) is 6.18. The van der Waals surface area contributed by atoms with Gasteiger partial charge in [0.1, 0.15) is 11.5 Å². The summed E-state index contributed by atoms with van der Waals surface area (Å²) < 4.78 is 6.58. The molecule has 1 unspecified atom stereocenters. The summed E-state index contributed by atoms with van der Waals surface area (Å²) in [5.41, 5.74) is 2.20. The van der Waals surface area contributed by atoms with Crippen LogP contribution in [0.5, 0.6) is 5.75 Å². The van der Waals surface area contributed by atoms with Crippen molar-refractivity contribution in [1.82, 2.24) is 9.80 Å². The van der Waals surface area contributed by atoms with Crippen LogP contribution in [-0.4, -0.2) is 60.4 Å². The van der Waals surface area contributed by atoms with Gasteiger partial charge < -0.3 is 19.6 Å². The number of carbonyl (C=O) groups is 2. The van der Waals surface area contributed by atoms with E-state index in [4.69, 9.17) is 4.74 Å². The van der Waals surface area contributed by atoms with E-state index in [-0.39, 0.29) is 11.3 Å². The van der Waals surface area contributed by atoms with Gasteiger partial charge in [-0.3, -0.25) is 9.59 Å². The van der Waals surface area contributed by atoms with Gasteiger partial charge in [0.05, 0.1) is 18.2 Å². The molecule has 0 saturated carbocycles. The highest BCUT2D eigenvalue weighted by Crippen LogP contribution is 2.40. The molecule has 1 atom stereocenters. The molecule has 0 bridgehead atoms. The molecule has 1 aliphatic heterocycles. The molecule has 1 amide bonds. The van der Waals surface area contributed by atoms with Crippen LogP contribution in [0.15, 0.2) is 52.5 Å². The monoisotopic (exact) mass is 514 g/mol. The van der Waals surface area contributed by atoms with Crippen molar-refractivity contribution >= 4 is 33.4 Å². The number of Topliss-reactive ketones (excluding diaryl/α,β-unsaturated/α-hetero) is 1. The quantitative estimate of drug-likeness (QED) is 0.292. The fraction of sp³-hybridized carbons (Fsp3) is 0.385. The van der Waals surface area contributed by atoms with Crippen molar-refractivity contribution in [1.29, 1.82) is 0 Å². The topological polar surface area (TPSA) is 70.1 Å². The lowest BCUT2D eigenvalue weighted by atomic mass is 9.94. The summed E-state index contributed by atoms with van der Waals surface area (Å²) in [6, 6.07) is 12.2. The first-order valence-corrected chi connectivity index (χ1v) is 12.0. The van der Waals surface area contributed by atoms with Crippen LogP contribution in [0, 0.1) is 6.92 Å². The second-order valence-electron chi connectivity index (χ2n) is 8.53. The van der Waals surface area contributed by atoms with Gasteiger partial charge in [-0.25, -0.2) is 0 Å². The molecule has 33 heavy (non-hydrogen) atoms. The van der Waals surface area contributed by atoms with Gasteiger partial charge in [0.15, 0.2) is 0 Å². The van der Waals surface area contributed by atoms with E-state index in [2.05, 4.69) is 15.9 Å². The van der Waals surface area contributed by atoms with E-state index in [1.807, 2.05) is 63.2 Å². The molecule has 1 N–H and O–H groups in total. The number of halogens is 1. The Balaban J connectivity index is 2.06. The average Bonchev–Trinajstić information content (AvgIpc) is 3.02.